The lowest BCUT2D eigenvalue weighted by molar-refractivity contribution is -0.128. The van der Waals surface area contributed by atoms with Crippen LogP contribution in [0.1, 0.15) is 18.1 Å². The first-order valence-corrected chi connectivity index (χ1v) is 4.65. The van der Waals surface area contributed by atoms with E-state index in [1.54, 1.807) is 0 Å². The highest BCUT2D eigenvalue weighted by Gasteiger charge is 2.39. The van der Waals surface area contributed by atoms with Gasteiger partial charge in [-0.25, -0.2) is 0 Å². The lowest BCUT2D eigenvalue weighted by Gasteiger charge is -2.15. The highest BCUT2D eigenvalue weighted by molar-refractivity contribution is 5.04. The van der Waals surface area contributed by atoms with Gasteiger partial charge >= 0.3 is 6.18 Å². The van der Waals surface area contributed by atoms with E-state index < -0.39 is 24.0 Å². The molecule has 1 aromatic heterocycles. The Morgan fingerprint density at radius 2 is 2.19 bits per heavy atom. The molecule has 1 atom stereocenters. The Morgan fingerprint density at radius 3 is 2.75 bits per heavy atom. The van der Waals surface area contributed by atoms with Crippen molar-refractivity contribution in [1.29, 1.82) is 0 Å². The molecule has 2 rings (SSSR count). The molecule has 8 heteroatoms. The van der Waals surface area contributed by atoms with E-state index in [1.807, 2.05) is 0 Å². The fourth-order valence-electron chi connectivity index (χ4n) is 1.46. The van der Waals surface area contributed by atoms with Crippen LogP contribution < -0.4 is 5.73 Å². The van der Waals surface area contributed by atoms with E-state index in [-0.39, 0.29) is 12.5 Å². The minimum absolute atomic E-state index is 0.00394. The molecule has 0 bridgehead atoms. The number of aromatic nitrogens is 2. The van der Waals surface area contributed by atoms with Crippen molar-refractivity contribution in [3.05, 3.63) is 11.7 Å². The van der Waals surface area contributed by atoms with Gasteiger partial charge < -0.3 is 15.0 Å². The first kappa shape index (κ1) is 11.3. The number of alkyl halides is 3. The van der Waals surface area contributed by atoms with Crippen LogP contribution in [0.25, 0.3) is 0 Å². The lowest BCUT2D eigenvalue weighted by Crippen LogP contribution is -2.37. The highest BCUT2D eigenvalue weighted by Crippen LogP contribution is 2.27. The second-order valence-electron chi connectivity index (χ2n) is 3.77. The molecule has 0 saturated carbocycles. The molecule has 0 aromatic carbocycles. The van der Waals surface area contributed by atoms with Crippen molar-refractivity contribution in [2.75, 3.05) is 13.2 Å². The standard InChI is InChI=1S/C8H10F3N3O2/c9-8(10,11)3-5-13-6(16-14-5)7(12)1-2-15-4-7/h1-4,12H2. The van der Waals surface area contributed by atoms with Gasteiger partial charge in [-0.15, -0.1) is 0 Å². The number of hydrogen-bond donors (Lipinski definition) is 1. The fraction of sp³-hybridized carbons (Fsp3) is 0.750. The Morgan fingerprint density at radius 1 is 1.44 bits per heavy atom. The first-order valence-electron chi connectivity index (χ1n) is 4.65. The van der Waals surface area contributed by atoms with E-state index in [4.69, 9.17) is 15.0 Å². The summed E-state index contributed by atoms with van der Waals surface area (Å²) in [6.07, 6.45) is -5.11. The largest absolute Gasteiger partial charge is 0.396 e. The Kier molecular flexibility index (Phi) is 2.62. The van der Waals surface area contributed by atoms with E-state index in [0.717, 1.165) is 0 Å². The predicted octanol–water partition coefficient (Wildman–Crippen LogP) is 0.749. The molecule has 1 aromatic rings. The molecule has 16 heavy (non-hydrogen) atoms. The van der Waals surface area contributed by atoms with Crippen molar-refractivity contribution in [3.8, 4) is 0 Å². The van der Waals surface area contributed by atoms with E-state index in [2.05, 4.69) is 10.1 Å². The minimum atomic E-state index is -4.35. The summed E-state index contributed by atoms with van der Waals surface area (Å²) in [6, 6.07) is 0. The summed E-state index contributed by atoms with van der Waals surface area (Å²) in [5.41, 5.74) is 4.91. The second-order valence-corrected chi connectivity index (χ2v) is 3.77. The van der Waals surface area contributed by atoms with Gasteiger partial charge in [-0.1, -0.05) is 5.16 Å². The van der Waals surface area contributed by atoms with Gasteiger partial charge in [-0.3, -0.25) is 0 Å². The predicted molar refractivity (Wildman–Crippen MR) is 45.4 cm³/mol. The number of nitrogens with zero attached hydrogens (tertiary/aromatic N) is 2. The van der Waals surface area contributed by atoms with Crippen molar-refractivity contribution in [1.82, 2.24) is 10.1 Å². The average molecular weight is 237 g/mol. The zero-order chi connectivity index (χ0) is 11.8. The monoisotopic (exact) mass is 237 g/mol. The molecule has 1 aliphatic rings. The second kappa shape index (κ2) is 3.70. The summed E-state index contributed by atoms with van der Waals surface area (Å²) in [5.74, 6) is -0.400. The first-order chi connectivity index (χ1) is 7.39. The number of rotatable bonds is 2. The van der Waals surface area contributed by atoms with E-state index in [1.165, 1.54) is 0 Å². The summed E-state index contributed by atoms with van der Waals surface area (Å²) < 4.78 is 45.9. The number of hydrogen-bond acceptors (Lipinski definition) is 5. The molecule has 0 aliphatic carbocycles. The van der Waals surface area contributed by atoms with Crippen LogP contribution in [0.4, 0.5) is 13.2 Å². The van der Waals surface area contributed by atoms with Crippen LogP contribution in [0, 0.1) is 0 Å². The Bertz CT molecular complexity index is 371. The van der Waals surface area contributed by atoms with Gasteiger partial charge in [-0.2, -0.15) is 18.2 Å². The van der Waals surface area contributed by atoms with Crippen molar-refractivity contribution < 1.29 is 22.4 Å². The zero-order valence-electron chi connectivity index (χ0n) is 8.25. The zero-order valence-corrected chi connectivity index (χ0v) is 8.25. The maximum atomic E-state index is 12.0. The summed E-state index contributed by atoms with van der Waals surface area (Å²) in [4.78, 5) is 3.65. The summed E-state index contributed by atoms with van der Waals surface area (Å²) in [7, 11) is 0. The minimum Gasteiger partial charge on any atom is -0.379 e. The molecule has 2 heterocycles. The van der Waals surface area contributed by atoms with Gasteiger partial charge in [0.1, 0.15) is 12.0 Å². The third-order valence-corrected chi connectivity index (χ3v) is 2.30. The van der Waals surface area contributed by atoms with E-state index in [9.17, 15) is 13.2 Å². The smallest absolute Gasteiger partial charge is 0.379 e. The normalized spacial score (nSPS) is 26.2. The van der Waals surface area contributed by atoms with Gasteiger partial charge in [0.15, 0.2) is 5.82 Å². The Hall–Kier alpha value is -1.15. The Balaban J connectivity index is 2.13. The van der Waals surface area contributed by atoms with Crippen LogP contribution in [-0.4, -0.2) is 29.5 Å². The van der Waals surface area contributed by atoms with Gasteiger partial charge in [0, 0.05) is 6.61 Å². The maximum Gasteiger partial charge on any atom is 0.396 e. The summed E-state index contributed by atoms with van der Waals surface area (Å²) in [6.45, 7) is 0.619. The summed E-state index contributed by atoms with van der Waals surface area (Å²) >= 11 is 0. The van der Waals surface area contributed by atoms with Gasteiger partial charge in [0.2, 0.25) is 5.89 Å². The van der Waals surface area contributed by atoms with Gasteiger partial charge in [-0.05, 0) is 6.42 Å². The van der Waals surface area contributed by atoms with Crippen molar-refractivity contribution in [3.63, 3.8) is 0 Å². The van der Waals surface area contributed by atoms with Crippen LogP contribution in [0.2, 0.25) is 0 Å². The number of nitrogens with two attached hydrogens (primary N) is 1. The summed E-state index contributed by atoms with van der Waals surface area (Å²) in [5, 5.41) is 3.25. The number of ether oxygens (including phenoxy) is 1. The molecule has 1 aliphatic heterocycles. The molecule has 5 nitrogen and oxygen atoms in total. The molecular formula is C8H10F3N3O2. The topological polar surface area (TPSA) is 74.2 Å². The molecule has 2 N–H and O–H groups in total. The highest BCUT2D eigenvalue weighted by atomic mass is 19.4. The van der Waals surface area contributed by atoms with Crippen LogP contribution in [0.15, 0.2) is 4.52 Å². The third-order valence-electron chi connectivity index (χ3n) is 2.30. The molecule has 0 radical (unpaired) electrons. The SMILES string of the molecule is NC1(c2nc(CC(F)(F)F)no2)CCOC1. The van der Waals surface area contributed by atoms with Crippen LogP contribution in [0.5, 0.6) is 0 Å². The molecule has 90 valence electrons. The van der Waals surface area contributed by atoms with E-state index >= 15 is 0 Å². The number of halogens is 3. The fourth-order valence-corrected chi connectivity index (χ4v) is 1.46. The van der Waals surface area contributed by atoms with Crippen molar-refractivity contribution >= 4 is 0 Å². The van der Waals surface area contributed by atoms with Crippen LogP contribution in [-0.2, 0) is 16.7 Å². The van der Waals surface area contributed by atoms with E-state index in [0.29, 0.717) is 13.0 Å². The molecule has 1 fully saturated rings. The van der Waals surface area contributed by atoms with Crippen molar-refractivity contribution in [2.24, 2.45) is 5.73 Å². The van der Waals surface area contributed by atoms with Gasteiger partial charge in [0.25, 0.3) is 0 Å². The molecule has 0 amide bonds. The quantitative estimate of drug-likeness (QED) is 0.821. The average Bonchev–Trinajstić information content (AvgIpc) is 2.72. The molecular weight excluding hydrogens is 227 g/mol. The lowest BCUT2D eigenvalue weighted by atomic mass is 10.0. The maximum absolute atomic E-state index is 12.0. The van der Waals surface area contributed by atoms with Gasteiger partial charge in [0.05, 0.1) is 6.61 Å². The third kappa shape index (κ3) is 2.33. The van der Waals surface area contributed by atoms with Crippen LogP contribution in [0.3, 0.4) is 0 Å². The van der Waals surface area contributed by atoms with Crippen LogP contribution >= 0.6 is 0 Å². The molecule has 1 saturated heterocycles. The van der Waals surface area contributed by atoms with Crippen molar-refractivity contribution in [2.45, 2.75) is 24.6 Å². The Labute approximate surface area is 88.8 Å². The molecule has 1 unspecified atom stereocenters. The molecule has 0 spiro atoms.